The molecule has 2 rings (SSSR count). The van der Waals surface area contributed by atoms with Crippen LogP contribution in [0.25, 0.3) is 0 Å². The van der Waals surface area contributed by atoms with Gasteiger partial charge in [0.05, 0.1) is 25.8 Å². The quantitative estimate of drug-likeness (QED) is 0.921. The lowest BCUT2D eigenvalue weighted by atomic mass is 10.1. The van der Waals surface area contributed by atoms with Crippen molar-refractivity contribution in [2.45, 2.75) is 13.0 Å². The van der Waals surface area contributed by atoms with Crippen LogP contribution in [0.3, 0.4) is 0 Å². The van der Waals surface area contributed by atoms with E-state index in [0.717, 1.165) is 5.56 Å². The molecular weight excluding hydrogens is 285 g/mol. The molecule has 22 heavy (non-hydrogen) atoms. The van der Waals surface area contributed by atoms with Gasteiger partial charge in [0, 0.05) is 0 Å². The SMILES string of the molecule is COc1ccc([C@@H](C)NC(=O)c2ccccc2F)cc1OC. The van der Waals surface area contributed by atoms with E-state index in [9.17, 15) is 9.18 Å². The number of hydrogen-bond donors (Lipinski definition) is 1. The molecule has 116 valence electrons. The van der Waals surface area contributed by atoms with E-state index in [1.54, 1.807) is 38.5 Å². The summed E-state index contributed by atoms with van der Waals surface area (Å²) in [5.41, 5.74) is 0.858. The Morgan fingerprint density at radius 1 is 1.09 bits per heavy atom. The maximum absolute atomic E-state index is 13.6. The molecule has 0 bridgehead atoms. The Kier molecular flexibility index (Phi) is 4.99. The number of hydrogen-bond acceptors (Lipinski definition) is 3. The monoisotopic (exact) mass is 303 g/mol. The second-order valence-electron chi connectivity index (χ2n) is 4.79. The van der Waals surface area contributed by atoms with E-state index in [1.807, 2.05) is 13.0 Å². The van der Waals surface area contributed by atoms with E-state index >= 15 is 0 Å². The van der Waals surface area contributed by atoms with E-state index in [0.29, 0.717) is 11.5 Å². The number of halogens is 1. The molecule has 0 spiro atoms. The standard InChI is InChI=1S/C17H18FNO3/c1-11(12-8-9-15(21-2)16(10-12)22-3)19-17(20)13-6-4-5-7-14(13)18/h4-11H,1-3H3,(H,19,20)/t11-/m1/s1. The molecule has 1 amide bonds. The number of rotatable bonds is 5. The number of nitrogens with one attached hydrogen (secondary N) is 1. The van der Waals surface area contributed by atoms with Gasteiger partial charge in [0.2, 0.25) is 0 Å². The van der Waals surface area contributed by atoms with Crippen LogP contribution in [0.1, 0.15) is 28.9 Å². The van der Waals surface area contributed by atoms with Crippen molar-refractivity contribution >= 4 is 5.91 Å². The zero-order valence-corrected chi connectivity index (χ0v) is 12.7. The van der Waals surface area contributed by atoms with Gasteiger partial charge in [-0.05, 0) is 36.8 Å². The highest BCUT2D eigenvalue weighted by Crippen LogP contribution is 2.29. The van der Waals surface area contributed by atoms with Crippen LogP contribution in [0.4, 0.5) is 4.39 Å². The molecule has 0 heterocycles. The summed E-state index contributed by atoms with van der Waals surface area (Å²) in [5.74, 6) is 0.186. The van der Waals surface area contributed by atoms with Crippen molar-refractivity contribution in [2.24, 2.45) is 0 Å². The summed E-state index contributed by atoms with van der Waals surface area (Å²) >= 11 is 0. The first kappa shape index (κ1) is 15.8. The van der Waals surface area contributed by atoms with Crippen LogP contribution in [0, 0.1) is 5.82 Å². The number of carbonyl (C=O) groups excluding carboxylic acids is 1. The van der Waals surface area contributed by atoms with Crippen molar-refractivity contribution in [2.75, 3.05) is 14.2 Å². The molecule has 0 aliphatic rings. The maximum Gasteiger partial charge on any atom is 0.254 e. The maximum atomic E-state index is 13.6. The van der Waals surface area contributed by atoms with E-state index in [1.165, 1.54) is 12.1 Å². The predicted molar refractivity (Wildman–Crippen MR) is 81.8 cm³/mol. The minimum absolute atomic E-state index is 0.0230. The summed E-state index contributed by atoms with van der Waals surface area (Å²) in [6.45, 7) is 1.82. The van der Waals surface area contributed by atoms with E-state index < -0.39 is 11.7 Å². The lowest BCUT2D eigenvalue weighted by Crippen LogP contribution is -2.27. The normalized spacial score (nSPS) is 11.6. The number of benzene rings is 2. The minimum atomic E-state index is -0.542. The number of ether oxygens (including phenoxy) is 2. The van der Waals surface area contributed by atoms with Crippen molar-refractivity contribution in [3.05, 3.63) is 59.4 Å². The molecule has 5 heteroatoms. The van der Waals surface area contributed by atoms with Gasteiger partial charge in [-0.25, -0.2) is 4.39 Å². The third kappa shape index (κ3) is 3.36. The molecule has 1 N–H and O–H groups in total. The van der Waals surface area contributed by atoms with Gasteiger partial charge >= 0.3 is 0 Å². The molecule has 0 saturated heterocycles. The topological polar surface area (TPSA) is 47.6 Å². The highest BCUT2D eigenvalue weighted by Gasteiger charge is 2.16. The Labute approximate surface area is 128 Å². The van der Waals surface area contributed by atoms with E-state index in [-0.39, 0.29) is 11.6 Å². The Morgan fingerprint density at radius 3 is 2.41 bits per heavy atom. The molecule has 0 aromatic heterocycles. The van der Waals surface area contributed by atoms with Gasteiger partial charge < -0.3 is 14.8 Å². The Morgan fingerprint density at radius 2 is 1.77 bits per heavy atom. The summed E-state index contributed by atoms with van der Waals surface area (Å²) in [6.07, 6.45) is 0. The summed E-state index contributed by atoms with van der Waals surface area (Å²) < 4.78 is 24.0. The van der Waals surface area contributed by atoms with Crippen LogP contribution in [-0.2, 0) is 0 Å². The number of carbonyl (C=O) groups is 1. The van der Waals surface area contributed by atoms with Crippen molar-refractivity contribution < 1.29 is 18.7 Å². The van der Waals surface area contributed by atoms with Gasteiger partial charge in [0.25, 0.3) is 5.91 Å². The number of amides is 1. The molecule has 4 nitrogen and oxygen atoms in total. The smallest absolute Gasteiger partial charge is 0.254 e. The van der Waals surface area contributed by atoms with E-state index in [4.69, 9.17) is 9.47 Å². The zero-order valence-electron chi connectivity index (χ0n) is 12.7. The van der Waals surface area contributed by atoms with Crippen molar-refractivity contribution in [1.29, 1.82) is 0 Å². The Bertz CT molecular complexity index is 673. The molecule has 0 radical (unpaired) electrons. The van der Waals surface area contributed by atoms with Gasteiger partial charge in [-0.2, -0.15) is 0 Å². The van der Waals surface area contributed by atoms with Crippen LogP contribution in [0.15, 0.2) is 42.5 Å². The fourth-order valence-corrected chi connectivity index (χ4v) is 2.13. The van der Waals surface area contributed by atoms with Crippen molar-refractivity contribution in [3.8, 4) is 11.5 Å². The lowest BCUT2D eigenvalue weighted by molar-refractivity contribution is 0.0935. The largest absolute Gasteiger partial charge is 0.493 e. The summed E-state index contributed by atoms with van der Waals surface area (Å²) in [4.78, 5) is 12.1. The molecule has 0 aliphatic carbocycles. The Hall–Kier alpha value is -2.56. The van der Waals surface area contributed by atoms with Crippen LogP contribution >= 0.6 is 0 Å². The van der Waals surface area contributed by atoms with Crippen LogP contribution in [-0.4, -0.2) is 20.1 Å². The molecule has 2 aromatic rings. The van der Waals surface area contributed by atoms with Crippen LogP contribution in [0.5, 0.6) is 11.5 Å². The van der Waals surface area contributed by atoms with Crippen molar-refractivity contribution in [3.63, 3.8) is 0 Å². The second-order valence-corrected chi connectivity index (χ2v) is 4.79. The van der Waals surface area contributed by atoms with Gasteiger partial charge in [-0.3, -0.25) is 4.79 Å². The van der Waals surface area contributed by atoms with Gasteiger partial charge in [-0.1, -0.05) is 18.2 Å². The van der Waals surface area contributed by atoms with Crippen LogP contribution < -0.4 is 14.8 Å². The second kappa shape index (κ2) is 6.93. The van der Waals surface area contributed by atoms with Gasteiger partial charge in [0.1, 0.15) is 5.82 Å². The number of methoxy groups -OCH3 is 2. The third-order valence-corrected chi connectivity index (χ3v) is 3.37. The van der Waals surface area contributed by atoms with E-state index in [2.05, 4.69) is 5.32 Å². The minimum Gasteiger partial charge on any atom is -0.493 e. The highest BCUT2D eigenvalue weighted by molar-refractivity contribution is 5.94. The first-order chi connectivity index (χ1) is 10.6. The average molecular weight is 303 g/mol. The molecular formula is C17H18FNO3. The molecule has 0 unspecified atom stereocenters. The van der Waals surface area contributed by atoms with Gasteiger partial charge in [0.15, 0.2) is 11.5 Å². The molecule has 0 aliphatic heterocycles. The predicted octanol–water partition coefficient (Wildman–Crippen LogP) is 3.33. The Balaban J connectivity index is 2.17. The first-order valence-electron chi connectivity index (χ1n) is 6.84. The zero-order chi connectivity index (χ0) is 16.1. The summed E-state index contributed by atoms with van der Waals surface area (Å²) in [7, 11) is 3.10. The molecule has 0 saturated carbocycles. The molecule has 0 fully saturated rings. The third-order valence-electron chi connectivity index (χ3n) is 3.37. The summed E-state index contributed by atoms with van der Waals surface area (Å²) in [6, 6.07) is 11.0. The lowest BCUT2D eigenvalue weighted by Gasteiger charge is -2.16. The first-order valence-corrected chi connectivity index (χ1v) is 6.84. The molecule has 1 atom stereocenters. The van der Waals surface area contributed by atoms with Gasteiger partial charge in [-0.15, -0.1) is 0 Å². The average Bonchev–Trinajstić information content (AvgIpc) is 2.54. The van der Waals surface area contributed by atoms with Crippen LogP contribution in [0.2, 0.25) is 0 Å². The fraction of sp³-hybridized carbons (Fsp3) is 0.235. The molecule has 2 aromatic carbocycles. The fourth-order valence-electron chi connectivity index (χ4n) is 2.13. The van der Waals surface area contributed by atoms with Crippen molar-refractivity contribution in [1.82, 2.24) is 5.32 Å². The highest BCUT2D eigenvalue weighted by atomic mass is 19.1. The summed E-state index contributed by atoms with van der Waals surface area (Å²) in [5, 5.41) is 2.77.